The van der Waals surface area contributed by atoms with Crippen LogP contribution < -0.4 is 11.1 Å². The van der Waals surface area contributed by atoms with E-state index in [0.717, 1.165) is 25.9 Å². The summed E-state index contributed by atoms with van der Waals surface area (Å²) in [5.74, 6) is 0. The summed E-state index contributed by atoms with van der Waals surface area (Å²) in [5, 5.41) is 3.49. The van der Waals surface area contributed by atoms with Crippen molar-refractivity contribution in [1.82, 2.24) is 5.32 Å². The van der Waals surface area contributed by atoms with Gasteiger partial charge in [-0.1, -0.05) is 30.3 Å². The summed E-state index contributed by atoms with van der Waals surface area (Å²) >= 11 is 0. The monoisotopic (exact) mass is 204 g/mol. The largest absolute Gasteiger partial charge is 0.330 e. The van der Waals surface area contributed by atoms with Crippen molar-refractivity contribution in [2.75, 3.05) is 13.1 Å². The minimum atomic E-state index is 0.200. The van der Waals surface area contributed by atoms with Crippen molar-refractivity contribution in [3.63, 3.8) is 0 Å². The summed E-state index contributed by atoms with van der Waals surface area (Å²) in [7, 11) is 0. The Bertz CT molecular complexity index is 310. The van der Waals surface area contributed by atoms with E-state index in [0.29, 0.717) is 6.04 Å². The summed E-state index contributed by atoms with van der Waals surface area (Å²) in [5.41, 5.74) is 7.61. The first kappa shape index (κ1) is 10.7. The van der Waals surface area contributed by atoms with Crippen LogP contribution in [0.25, 0.3) is 0 Å². The van der Waals surface area contributed by atoms with Gasteiger partial charge in [0.25, 0.3) is 0 Å². The Kier molecular flexibility index (Phi) is 3.08. The van der Waals surface area contributed by atoms with Gasteiger partial charge in [-0.3, -0.25) is 0 Å². The lowest BCUT2D eigenvalue weighted by Crippen LogP contribution is -2.48. The van der Waals surface area contributed by atoms with Gasteiger partial charge < -0.3 is 11.1 Å². The average molecular weight is 204 g/mol. The molecule has 2 unspecified atom stereocenters. The maximum atomic E-state index is 6.00. The summed E-state index contributed by atoms with van der Waals surface area (Å²) < 4.78 is 0. The SMILES string of the molecule is CC1CC(CN)(c2ccccc2)CCN1. The van der Waals surface area contributed by atoms with E-state index in [1.165, 1.54) is 5.56 Å². The van der Waals surface area contributed by atoms with E-state index in [1.807, 2.05) is 0 Å². The summed E-state index contributed by atoms with van der Waals surface area (Å²) in [6.45, 7) is 4.07. The number of nitrogens with two attached hydrogens (primary N) is 1. The van der Waals surface area contributed by atoms with Gasteiger partial charge in [-0.15, -0.1) is 0 Å². The molecule has 2 heteroatoms. The van der Waals surface area contributed by atoms with E-state index in [4.69, 9.17) is 5.73 Å². The zero-order valence-electron chi connectivity index (χ0n) is 9.37. The molecule has 3 N–H and O–H groups in total. The normalized spacial score (nSPS) is 31.5. The predicted molar refractivity (Wildman–Crippen MR) is 63.9 cm³/mol. The van der Waals surface area contributed by atoms with Crippen LogP contribution in [0.2, 0.25) is 0 Å². The average Bonchev–Trinajstić information content (AvgIpc) is 2.30. The molecule has 2 rings (SSSR count). The fourth-order valence-electron chi connectivity index (χ4n) is 2.68. The molecule has 2 atom stereocenters. The first-order valence-corrected chi connectivity index (χ1v) is 5.76. The van der Waals surface area contributed by atoms with Crippen LogP contribution in [0.1, 0.15) is 25.3 Å². The van der Waals surface area contributed by atoms with E-state index in [1.54, 1.807) is 0 Å². The predicted octanol–water partition coefficient (Wildman–Crippen LogP) is 1.66. The Labute approximate surface area is 91.9 Å². The molecule has 0 aliphatic carbocycles. The highest BCUT2D eigenvalue weighted by molar-refractivity contribution is 5.27. The highest BCUT2D eigenvalue weighted by Gasteiger charge is 2.34. The molecule has 1 aromatic carbocycles. The molecule has 1 heterocycles. The molecule has 0 aromatic heterocycles. The third-order valence-corrected chi connectivity index (χ3v) is 3.57. The molecule has 0 bridgehead atoms. The number of rotatable bonds is 2. The Morgan fingerprint density at radius 3 is 2.73 bits per heavy atom. The van der Waals surface area contributed by atoms with Gasteiger partial charge in [-0.25, -0.2) is 0 Å². The van der Waals surface area contributed by atoms with Gasteiger partial charge in [-0.05, 0) is 31.9 Å². The molecule has 15 heavy (non-hydrogen) atoms. The zero-order valence-corrected chi connectivity index (χ0v) is 9.37. The van der Waals surface area contributed by atoms with Crippen molar-refractivity contribution in [2.24, 2.45) is 5.73 Å². The zero-order chi connectivity index (χ0) is 10.7. The fourth-order valence-corrected chi connectivity index (χ4v) is 2.68. The highest BCUT2D eigenvalue weighted by atomic mass is 14.9. The molecule has 0 saturated carbocycles. The quantitative estimate of drug-likeness (QED) is 0.769. The molecule has 0 radical (unpaired) electrons. The number of piperidine rings is 1. The Morgan fingerprint density at radius 2 is 2.13 bits per heavy atom. The van der Waals surface area contributed by atoms with Gasteiger partial charge in [-0.2, -0.15) is 0 Å². The van der Waals surface area contributed by atoms with Crippen molar-refractivity contribution in [3.05, 3.63) is 35.9 Å². The van der Waals surface area contributed by atoms with Gasteiger partial charge in [0.1, 0.15) is 0 Å². The molecule has 1 aliphatic rings. The molecule has 1 aliphatic heterocycles. The standard InChI is InChI=1S/C13H20N2/c1-11-9-13(10-14,7-8-15-11)12-5-3-2-4-6-12/h2-6,11,15H,7-10,14H2,1H3. The van der Waals surface area contributed by atoms with Crippen LogP contribution in [0.3, 0.4) is 0 Å². The Hall–Kier alpha value is -0.860. The lowest BCUT2D eigenvalue weighted by molar-refractivity contribution is 0.268. The van der Waals surface area contributed by atoms with E-state index in [2.05, 4.69) is 42.6 Å². The lowest BCUT2D eigenvalue weighted by atomic mass is 9.71. The first-order chi connectivity index (χ1) is 7.27. The molecular weight excluding hydrogens is 184 g/mol. The van der Waals surface area contributed by atoms with Gasteiger partial charge in [0, 0.05) is 18.0 Å². The van der Waals surface area contributed by atoms with Crippen LogP contribution >= 0.6 is 0 Å². The minimum Gasteiger partial charge on any atom is -0.330 e. The topological polar surface area (TPSA) is 38.0 Å². The molecule has 1 saturated heterocycles. The van der Waals surface area contributed by atoms with E-state index in [-0.39, 0.29) is 5.41 Å². The fraction of sp³-hybridized carbons (Fsp3) is 0.538. The van der Waals surface area contributed by atoms with Crippen LogP contribution in [0, 0.1) is 0 Å². The Balaban J connectivity index is 2.28. The van der Waals surface area contributed by atoms with Crippen molar-refractivity contribution in [1.29, 1.82) is 0 Å². The van der Waals surface area contributed by atoms with Gasteiger partial charge in [0.15, 0.2) is 0 Å². The number of hydrogen-bond donors (Lipinski definition) is 2. The smallest absolute Gasteiger partial charge is 0.0102 e. The molecule has 0 amide bonds. The summed E-state index contributed by atoms with van der Waals surface area (Å²) in [4.78, 5) is 0. The van der Waals surface area contributed by atoms with E-state index >= 15 is 0 Å². The van der Waals surface area contributed by atoms with Crippen LogP contribution in [0.4, 0.5) is 0 Å². The molecular formula is C13H20N2. The van der Waals surface area contributed by atoms with Crippen LogP contribution in [-0.4, -0.2) is 19.1 Å². The minimum absolute atomic E-state index is 0.200. The summed E-state index contributed by atoms with van der Waals surface area (Å²) in [6, 6.07) is 11.3. The van der Waals surface area contributed by atoms with Crippen LogP contribution in [0.5, 0.6) is 0 Å². The molecule has 2 nitrogen and oxygen atoms in total. The molecule has 82 valence electrons. The van der Waals surface area contributed by atoms with Crippen molar-refractivity contribution >= 4 is 0 Å². The van der Waals surface area contributed by atoms with Crippen molar-refractivity contribution in [3.8, 4) is 0 Å². The summed E-state index contributed by atoms with van der Waals surface area (Å²) in [6.07, 6.45) is 2.30. The second kappa shape index (κ2) is 4.33. The molecule has 0 spiro atoms. The highest BCUT2D eigenvalue weighted by Crippen LogP contribution is 2.34. The maximum Gasteiger partial charge on any atom is 0.0102 e. The third kappa shape index (κ3) is 2.06. The number of benzene rings is 1. The Morgan fingerprint density at radius 1 is 1.40 bits per heavy atom. The molecule has 1 fully saturated rings. The van der Waals surface area contributed by atoms with Crippen LogP contribution in [0.15, 0.2) is 30.3 Å². The third-order valence-electron chi connectivity index (χ3n) is 3.57. The number of hydrogen-bond acceptors (Lipinski definition) is 2. The second-order valence-electron chi connectivity index (χ2n) is 4.66. The van der Waals surface area contributed by atoms with Crippen LogP contribution in [-0.2, 0) is 5.41 Å². The van der Waals surface area contributed by atoms with E-state index in [9.17, 15) is 0 Å². The van der Waals surface area contributed by atoms with Gasteiger partial charge in [0.05, 0.1) is 0 Å². The first-order valence-electron chi connectivity index (χ1n) is 5.76. The van der Waals surface area contributed by atoms with Crippen molar-refractivity contribution < 1.29 is 0 Å². The van der Waals surface area contributed by atoms with Crippen molar-refractivity contribution in [2.45, 2.75) is 31.2 Å². The second-order valence-corrected chi connectivity index (χ2v) is 4.66. The maximum absolute atomic E-state index is 6.00. The number of nitrogens with one attached hydrogen (secondary N) is 1. The lowest BCUT2D eigenvalue weighted by Gasteiger charge is -2.40. The molecule has 1 aromatic rings. The van der Waals surface area contributed by atoms with Gasteiger partial charge in [0.2, 0.25) is 0 Å². The van der Waals surface area contributed by atoms with E-state index < -0.39 is 0 Å². The van der Waals surface area contributed by atoms with Gasteiger partial charge >= 0.3 is 0 Å².